The van der Waals surface area contributed by atoms with E-state index in [1.54, 1.807) is 0 Å². The third-order valence-electron chi connectivity index (χ3n) is 1.29. The zero-order chi connectivity index (χ0) is 10.6. The first-order valence-electron chi connectivity index (χ1n) is 3.17. The maximum atomic E-state index is 10.3. The fraction of sp³-hybridized carbons (Fsp3) is 0.500. The van der Waals surface area contributed by atoms with E-state index in [9.17, 15) is 14.4 Å². The summed E-state index contributed by atoms with van der Waals surface area (Å²) in [6.07, 6.45) is -2.29. The average Bonchev–Trinajstić information content (AvgIpc) is 1.82. The molecule has 0 unspecified atom stereocenters. The van der Waals surface area contributed by atoms with Crippen LogP contribution < -0.4 is 103 Å². The summed E-state index contributed by atoms with van der Waals surface area (Å²) >= 11 is 0. The van der Waals surface area contributed by atoms with Crippen molar-refractivity contribution in [2.45, 2.75) is 18.4 Å². The summed E-state index contributed by atoms with van der Waals surface area (Å²) in [5.41, 5.74) is -2.74. The predicted molar refractivity (Wildman–Crippen MR) is 42.9 cm³/mol. The van der Waals surface area contributed by atoms with Crippen molar-refractivity contribution >= 4 is 17.9 Å². The molecule has 86 valence electrons. The van der Waals surface area contributed by atoms with Crippen LogP contribution in [0.5, 0.6) is 0 Å². The summed E-state index contributed by atoms with van der Waals surface area (Å²) in [6, 6.07) is 0. The van der Waals surface area contributed by atoms with E-state index in [0.717, 1.165) is 0 Å². The van der Waals surface area contributed by atoms with Crippen LogP contribution in [-0.4, -0.2) is 49.4 Å². The van der Waals surface area contributed by atoms with Crippen LogP contribution in [0.1, 0.15) is 15.7 Å². The van der Waals surface area contributed by atoms with Gasteiger partial charge in [0.1, 0.15) is 0 Å². The van der Waals surface area contributed by atoms with Crippen molar-refractivity contribution in [2.75, 3.05) is 0 Å². The van der Waals surface area contributed by atoms with Gasteiger partial charge in [0, 0.05) is 0 Å². The number of hydrogen-bond acceptors (Lipinski definition) is 4. The summed E-state index contributed by atoms with van der Waals surface area (Å²) < 4.78 is 0. The molecular formula is C6H12K2O8. The number of carbonyl (C=O) groups is 3. The second kappa shape index (κ2) is 11.7. The van der Waals surface area contributed by atoms with Crippen LogP contribution in [0.3, 0.4) is 0 Å². The Morgan fingerprint density at radius 1 is 0.938 bits per heavy atom. The molecule has 0 aromatic heterocycles. The minimum absolute atomic E-state index is 0. The Bertz CT molecular complexity index is 246. The van der Waals surface area contributed by atoms with Gasteiger partial charge >= 0.3 is 121 Å². The van der Waals surface area contributed by atoms with E-state index in [0.29, 0.717) is 0 Å². The molecule has 0 bridgehead atoms. The number of hydrogen-bond donors (Lipinski definition) is 4. The maximum Gasteiger partial charge on any atom is 1.00 e. The molecule has 0 fully saturated rings. The molecule has 0 aliphatic rings. The van der Waals surface area contributed by atoms with Crippen molar-refractivity contribution in [2.24, 2.45) is 0 Å². The van der Waals surface area contributed by atoms with E-state index >= 15 is 0 Å². The summed E-state index contributed by atoms with van der Waals surface area (Å²) in [5, 5.41) is 33.8. The van der Waals surface area contributed by atoms with E-state index in [2.05, 4.69) is 0 Å². The monoisotopic (exact) mass is 290 g/mol. The Morgan fingerprint density at radius 3 is 1.31 bits per heavy atom. The second-order valence-electron chi connectivity index (χ2n) is 2.48. The standard InChI is InChI=1S/C6H8O7.2K.H2O.2H/c7-3(8)1-6(13,5(11)12)2-4(9)10;;;;;/h13H,1-2H2,(H,7,8)(H,9,10)(H,11,12);;;1H2;;/q;2*+1;;2*-1. The van der Waals surface area contributed by atoms with E-state index in [1.807, 2.05) is 0 Å². The molecule has 10 heteroatoms. The average molecular weight is 290 g/mol. The van der Waals surface area contributed by atoms with Crippen molar-refractivity contribution in [1.29, 1.82) is 0 Å². The zero-order valence-corrected chi connectivity index (χ0v) is 15.2. The summed E-state index contributed by atoms with van der Waals surface area (Å²) in [6.45, 7) is 0. The van der Waals surface area contributed by atoms with Crippen LogP contribution in [0.25, 0.3) is 0 Å². The van der Waals surface area contributed by atoms with E-state index in [4.69, 9.17) is 20.4 Å². The van der Waals surface area contributed by atoms with Crippen molar-refractivity contribution < 1.29 is 146 Å². The Kier molecular flexibility index (Phi) is 19.1. The molecular weight excluding hydrogens is 278 g/mol. The SMILES string of the molecule is O.O=C(O)CC(O)(CC(=O)O)C(=O)O.[H-].[H-].[K+].[K+]. The summed E-state index contributed by atoms with van der Waals surface area (Å²) in [5.74, 6) is -5.02. The third-order valence-corrected chi connectivity index (χ3v) is 1.29. The van der Waals surface area contributed by atoms with Crippen LogP contribution >= 0.6 is 0 Å². The van der Waals surface area contributed by atoms with Gasteiger partial charge in [-0.1, -0.05) is 0 Å². The Balaban J connectivity index is -0.0000000720. The van der Waals surface area contributed by atoms with Gasteiger partial charge in [-0.3, -0.25) is 9.59 Å². The van der Waals surface area contributed by atoms with Crippen molar-refractivity contribution in [3.63, 3.8) is 0 Å². The van der Waals surface area contributed by atoms with Gasteiger partial charge in [-0.15, -0.1) is 0 Å². The van der Waals surface area contributed by atoms with Gasteiger partial charge in [-0.2, -0.15) is 0 Å². The van der Waals surface area contributed by atoms with Crippen LogP contribution in [0.15, 0.2) is 0 Å². The van der Waals surface area contributed by atoms with Gasteiger partial charge in [0.15, 0.2) is 5.60 Å². The number of aliphatic hydroxyl groups is 1. The molecule has 0 saturated heterocycles. The summed E-state index contributed by atoms with van der Waals surface area (Å²) in [7, 11) is 0. The summed E-state index contributed by atoms with van der Waals surface area (Å²) in [4.78, 5) is 30.5. The van der Waals surface area contributed by atoms with Crippen LogP contribution in [0, 0.1) is 0 Å². The van der Waals surface area contributed by atoms with E-state index in [-0.39, 0.29) is 111 Å². The fourth-order valence-corrected chi connectivity index (χ4v) is 0.714. The quantitative estimate of drug-likeness (QED) is 0.365. The molecule has 0 aliphatic heterocycles. The molecule has 16 heavy (non-hydrogen) atoms. The molecule has 0 amide bonds. The van der Waals surface area contributed by atoms with Gasteiger partial charge in [0.2, 0.25) is 0 Å². The minimum Gasteiger partial charge on any atom is -1.00 e. The maximum absolute atomic E-state index is 10.3. The van der Waals surface area contributed by atoms with Gasteiger partial charge < -0.3 is 28.8 Å². The molecule has 0 rings (SSSR count). The van der Waals surface area contributed by atoms with Crippen LogP contribution in [-0.2, 0) is 14.4 Å². The van der Waals surface area contributed by atoms with Crippen molar-refractivity contribution in [1.82, 2.24) is 0 Å². The normalized spacial score (nSPS) is 8.81. The molecule has 0 atom stereocenters. The zero-order valence-electron chi connectivity index (χ0n) is 10.9. The van der Waals surface area contributed by atoms with Crippen LogP contribution in [0.4, 0.5) is 0 Å². The van der Waals surface area contributed by atoms with Gasteiger partial charge in [0.05, 0.1) is 12.8 Å². The van der Waals surface area contributed by atoms with E-state index < -0.39 is 36.4 Å². The third kappa shape index (κ3) is 10.7. The second-order valence-corrected chi connectivity index (χ2v) is 2.48. The number of rotatable bonds is 5. The van der Waals surface area contributed by atoms with Crippen molar-refractivity contribution in [3.05, 3.63) is 0 Å². The Hall–Kier alpha value is 1.60. The topological polar surface area (TPSA) is 164 Å². The Morgan fingerprint density at radius 2 is 1.19 bits per heavy atom. The predicted octanol–water partition coefficient (Wildman–Crippen LogP) is -7.84. The molecule has 0 aromatic rings. The largest absolute Gasteiger partial charge is 1.00 e. The first kappa shape index (κ1) is 26.2. The molecule has 6 N–H and O–H groups in total. The molecule has 0 aromatic carbocycles. The number of carboxylic acid groups (broad SMARTS) is 3. The Labute approximate surface area is 179 Å². The molecule has 0 radical (unpaired) electrons. The molecule has 8 nitrogen and oxygen atoms in total. The van der Waals surface area contributed by atoms with Crippen molar-refractivity contribution in [3.8, 4) is 0 Å². The van der Waals surface area contributed by atoms with Gasteiger partial charge in [0.25, 0.3) is 0 Å². The first-order chi connectivity index (χ1) is 5.78. The molecule has 0 aliphatic carbocycles. The molecule has 0 saturated carbocycles. The first-order valence-corrected chi connectivity index (χ1v) is 3.17. The number of aliphatic carboxylic acids is 3. The molecule has 0 spiro atoms. The smallest absolute Gasteiger partial charge is 1.00 e. The fourth-order valence-electron chi connectivity index (χ4n) is 0.714. The van der Waals surface area contributed by atoms with Crippen LogP contribution in [0.2, 0.25) is 0 Å². The minimum atomic E-state index is -2.74. The van der Waals surface area contributed by atoms with Gasteiger partial charge in [-0.05, 0) is 0 Å². The van der Waals surface area contributed by atoms with Gasteiger partial charge in [-0.25, -0.2) is 4.79 Å². The van der Waals surface area contributed by atoms with E-state index in [1.165, 1.54) is 0 Å². The molecule has 0 heterocycles. The number of carboxylic acids is 3.